The van der Waals surface area contributed by atoms with Crippen LogP contribution in [0.4, 0.5) is 23.3 Å². The van der Waals surface area contributed by atoms with E-state index in [2.05, 4.69) is 25.5 Å². The van der Waals surface area contributed by atoms with Gasteiger partial charge in [0.1, 0.15) is 5.82 Å². The Morgan fingerprint density at radius 1 is 1.34 bits per heavy atom. The zero-order chi connectivity index (χ0) is 20.4. The maximum Gasteiger partial charge on any atom is 0.227 e. The highest BCUT2D eigenvalue weighted by Crippen LogP contribution is 2.39. The lowest BCUT2D eigenvalue weighted by Gasteiger charge is -2.20. The number of nitrogens with two attached hydrogens (primary N) is 1. The van der Waals surface area contributed by atoms with E-state index < -0.39 is 0 Å². The molecule has 4 rings (SSSR count). The summed E-state index contributed by atoms with van der Waals surface area (Å²) in [6.45, 7) is 0.476. The zero-order valence-corrected chi connectivity index (χ0v) is 16.4. The standard InChI is InChI=1S/C20H24N8O/c1-28(11-13-4-3-5-14(21)18(13)19(22)29-2)20-23-9-8-16(25-20)24-17-10-15(26-27-17)12-6-7-12/h3-5,8-10,12,22H,6-7,11,21H2,1-2H3,(H2,23,24,25,26,27). The molecule has 2 aromatic heterocycles. The van der Waals surface area contributed by atoms with Crippen molar-refractivity contribution in [3.8, 4) is 0 Å². The molecule has 0 aliphatic heterocycles. The lowest BCUT2D eigenvalue weighted by Crippen LogP contribution is -2.22. The van der Waals surface area contributed by atoms with E-state index in [1.54, 1.807) is 18.3 Å². The van der Waals surface area contributed by atoms with E-state index in [0.29, 0.717) is 35.5 Å². The second kappa shape index (κ2) is 7.78. The number of ether oxygens (including phenoxy) is 1. The lowest BCUT2D eigenvalue weighted by molar-refractivity contribution is 0.401. The first kappa shape index (κ1) is 18.7. The van der Waals surface area contributed by atoms with Crippen molar-refractivity contribution >= 4 is 29.2 Å². The van der Waals surface area contributed by atoms with E-state index in [1.165, 1.54) is 20.0 Å². The van der Waals surface area contributed by atoms with Gasteiger partial charge in [-0.3, -0.25) is 10.5 Å². The van der Waals surface area contributed by atoms with Crippen molar-refractivity contribution in [3.05, 3.63) is 53.3 Å². The van der Waals surface area contributed by atoms with E-state index in [4.69, 9.17) is 15.9 Å². The van der Waals surface area contributed by atoms with Crippen LogP contribution in [-0.2, 0) is 11.3 Å². The van der Waals surface area contributed by atoms with Crippen molar-refractivity contribution in [1.29, 1.82) is 5.41 Å². The van der Waals surface area contributed by atoms with Gasteiger partial charge in [-0.05, 0) is 30.5 Å². The predicted molar refractivity (Wildman–Crippen MR) is 113 cm³/mol. The van der Waals surface area contributed by atoms with Crippen LogP contribution in [0.15, 0.2) is 36.5 Å². The first-order valence-electron chi connectivity index (χ1n) is 9.42. The van der Waals surface area contributed by atoms with Gasteiger partial charge in [0.2, 0.25) is 11.8 Å². The van der Waals surface area contributed by atoms with Crippen molar-refractivity contribution in [2.75, 3.05) is 30.1 Å². The van der Waals surface area contributed by atoms with Gasteiger partial charge in [-0.1, -0.05) is 12.1 Å². The summed E-state index contributed by atoms with van der Waals surface area (Å²) in [5, 5.41) is 18.6. The molecule has 9 heteroatoms. The summed E-state index contributed by atoms with van der Waals surface area (Å²) in [5.74, 6) is 2.60. The Labute approximate surface area is 168 Å². The Morgan fingerprint density at radius 2 is 2.17 bits per heavy atom. The molecule has 150 valence electrons. The number of nitrogens with one attached hydrogen (secondary N) is 3. The summed E-state index contributed by atoms with van der Waals surface area (Å²) >= 11 is 0. The molecule has 1 saturated carbocycles. The Hall–Kier alpha value is -3.62. The van der Waals surface area contributed by atoms with Gasteiger partial charge in [0.05, 0.1) is 12.7 Å². The van der Waals surface area contributed by atoms with Crippen LogP contribution < -0.4 is 16.0 Å². The highest BCUT2D eigenvalue weighted by Gasteiger charge is 2.25. The van der Waals surface area contributed by atoms with Crippen LogP contribution in [0.1, 0.15) is 35.6 Å². The molecule has 0 radical (unpaired) electrons. The summed E-state index contributed by atoms with van der Waals surface area (Å²) in [4.78, 5) is 10.8. The van der Waals surface area contributed by atoms with Crippen LogP contribution in [0, 0.1) is 5.41 Å². The first-order chi connectivity index (χ1) is 14.0. The second-order valence-electron chi connectivity index (χ2n) is 7.12. The van der Waals surface area contributed by atoms with Crippen LogP contribution in [0.5, 0.6) is 0 Å². The number of aromatic nitrogens is 4. The average Bonchev–Trinajstić information content (AvgIpc) is 3.47. The van der Waals surface area contributed by atoms with Crippen molar-refractivity contribution < 1.29 is 4.74 Å². The van der Waals surface area contributed by atoms with Gasteiger partial charge in [-0.2, -0.15) is 10.1 Å². The van der Waals surface area contributed by atoms with Crippen LogP contribution in [0.2, 0.25) is 0 Å². The number of nitrogen functional groups attached to an aromatic ring is 1. The summed E-state index contributed by atoms with van der Waals surface area (Å²) in [6.07, 6.45) is 4.14. The van der Waals surface area contributed by atoms with Crippen molar-refractivity contribution in [1.82, 2.24) is 20.2 Å². The maximum atomic E-state index is 8.03. The lowest BCUT2D eigenvalue weighted by atomic mass is 10.0. The molecule has 1 aliphatic rings. The Kier molecular flexibility index (Phi) is 5.03. The number of H-pyrrole nitrogens is 1. The molecule has 1 aromatic carbocycles. The number of anilines is 4. The van der Waals surface area contributed by atoms with Crippen LogP contribution in [-0.4, -0.2) is 40.2 Å². The molecule has 1 fully saturated rings. The Bertz CT molecular complexity index is 1030. The van der Waals surface area contributed by atoms with Gasteiger partial charge in [-0.25, -0.2) is 4.98 Å². The molecule has 0 bridgehead atoms. The predicted octanol–water partition coefficient (Wildman–Crippen LogP) is 3.01. The smallest absolute Gasteiger partial charge is 0.227 e. The van der Waals surface area contributed by atoms with Crippen molar-refractivity contribution in [2.45, 2.75) is 25.3 Å². The Morgan fingerprint density at radius 3 is 2.93 bits per heavy atom. The molecule has 5 N–H and O–H groups in total. The Balaban J connectivity index is 1.51. The van der Waals surface area contributed by atoms with E-state index >= 15 is 0 Å². The third kappa shape index (κ3) is 4.13. The van der Waals surface area contributed by atoms with E-state index in [9.17, 15) is 0 Å². The summed E-state index contributed by atoms with van der Waals surface area (Å²) in [7, 11) is 3.35. The second-order valence-corrected chi connectivity index (χ2v) is 7.12. The number of rotatable bonds is 7. The summed E-state index contributed by atoms with van der Waals surface area (Å²) in [5.41, 5.74) is 9.17. The molecule has 0 saturated heterocycles. The van der Waals surface area contributed by atoms with Gasteiger partial charge in [0.25, 0.3) is 0 Å². The van der Waals surface area contributed by atoms with Gasteiger partial charge < -0.3 is 20.7 Å². The quantitative estimate of drug-likeness (QED) is 0.276. The molecule has 9 nitrogen and oxygen atoms in total. The first-order valence-corrected chi connectivity index (χ1v) is 9.42. The molecule has 2 heterocycles. The van der Waals surface area contributed by atoms with Crippen LogP contribution >= 0.6 is 0 Å². The molecule has 3 aromatic rings. The van der Waals surface area contributed by atoms with E-state index in [-0.39, 0.29) is 5.90 Å². The number of hydrogen-bond donors (Lipinski definition) is 4. The minimum absolute atomic E-state index is 0.0350. The molecule has 0 unspecified atom stereocenters. The highest BCUT2D eigenvalue weighted by molar-refractivity contribution is 5.98. The molecule has 0 atom stereocenters. The van der Waals surface area contributed by atoms with E-state index in [1.807, 2.05) is 30.1 Å². The maximum absolute atomic E-state index is 8.03. The fourth-order valence-corrected chi connectivity index (χ4v) is 3.19. The number of nitrogens with zero attached hydrogens (tertiary/aromatic N) is 4. The normalized spacial score (nSPS) is 13.2. The third-order valence-electron chi connectivity index (χ3n) is 4.88. The fraction of sp³-hybridized carbons (Fsp3) is 0.300. The zero-order valence-electron chi connectivity index (χ0n) is 16.4. The SMILES string of the molecule is COC(=N)c1c(N)cccc1CN(C)c1nccc(Nc2cc(C3CC3)[nH]n2)n1. The fourth-order valence-electron chi connectivity index (χ4n) is 3.19. The van der Waals surface area contributed by atoms with Gasteiger partial charge >= 0.3 is 0 Å². The van der Waals surface area contributed by atoms with Crippen molar-refractivity contribution in [3.63, 3.8) is 0 Å². The monoisotopic (exact) mass is 392 g/mol. The third-order valence-corrected chi connectivity index (χ3v) is 4.88. The molecular weight excluding hydrogens is 368 g/mol. The largest absolute Gasteiger partial charge is 0.481 e. The highest BCUT2D eigenvalue weighted by atomic mass is 16.5. The van der Waals surface area contributed by atoms with Crippen LogP contribution in [0.25, 0.3) is 0 Å². The summed E-state index contributed by atoms with van der Waals surface area (Å²) < 4.78 is 5.09. The van der Waals surface area contributed by atoms with Gasteiger partial charge in [0.15, 0.2) is 5.82 Å². The van der Waals surface area contributed by atoms with Gasteiger partial charge in [0, 0.05) is 43.2 Å². The number of methoxy groups -OCH3 is 1. The van der Waals surface area contributed by atoms with E-state index in [0.717, 1.165) is 17.1 Å². The number of hydrogen-bond acceptors (Lipinski definition) is 8. The minimum atomic E-state index is 0.0350. The van der Waals surface area contributed by atoms with Gasteiger partial charge in [-0.15, -0.1) is 0 Å². The molecular formula is C20H24N8O. The number of benzene rings is 1. The molecule has 29 heavy (non-hydrogen) atoms. The molecule has 0 spiro atoms. The molecule has 0 amide bonds. The average molecular weight is 392 g/mol. The molecule has 1 aliphatic carbocycles. The van der Waals surface area contributed by atoms with Crippen molar-refractivity contribution in [2.24, 2.45) is 0 Å². The van der Waals surface area contributed by atoms with Crippen LogP contribution in [0.3, 0.4) is 0 Å². The minimum Gasteiger partial charge on any atom is -0.481 e. The number of aromatic amines is 1. The topological polar surface area (TPSA) is 129 Å². The summed E-state index contributed by atoms with van der Waals surface area (Å²) in [6, 6.07) is 9.36.